The molecule has 0 unspecified atom stereocenters. The molecular formula is C20H18Br2N2O3S. The number of carbonyl (C=O) groups is 1. The fraction of sp³-hybridized carbons (Fsp3) is 0.200. The molecule has 8 heteroatoms. The van der Waals surface area contributed by atoms with Gasteiger partial charge >= 0.3 is 0 Å². The van der Waals surface area contributed by atoms with Crippen molar-refractivity contribution in [1.82, 2.24) is 4.90 Å². The third-order valence-corrected chi connectivity index (χ3v) is 6.21. The molecule has 1 saturated heterocycles. The van der Waals surface area contributed by atoms with E-state index in [4.69, 9.17) is 9.47 Å². The highest BCUT2D eigenvalue weighted by Crippen LogP contribution is 2.38. The first-order chi connectivity index (χ1) is 13.5. The number of methoxy groups -OCH3 is 2. The summed E-state index contributed by atoms with van der Waals surface area (Å²) < 4.78 is 12.1. The average Bonchev–Trinajstić information content (AvgIpc) is 2.96. The first-order valence-electron chi connectivity index (χ1n) is 8.44. The predicted molar refractivity (Wildman–Crippen MR) is 121 cm³/mol. The lowest BCUT2D eigenvalue weighted by atomic mass is 10.2. The van der Waals surface area contributed by atoms with Crippen molar-refractivity contribution in [2.45, 2.75) is 6.92 Å². The molecule has 0 saturated carbocycles. The molecule has 0 N–H and O–H groups in total. The van der Waals surface area contributed by atoms with Crippen LogP contribution in [-0.2, 0) is 4.79 Å². The second kappa shape index (κ2) is 9.15. The number of hydrogen-bond donors (Lipinski definition) is 0. The van der Waals surface area contributed by atoms with E-state index >= 15 is 0 Å². The fourth-order valence-corrected chi connectivity index (χ4v) is 5.25. The van der Waals surface area contributed by atoms with Crippen LogP contribution in [0.15, 0.2) is 55.2 Å². The van der Waals surface area contributed by atoms with Gasteiger partial charge in [-0.3, -0.25) is 9.69 Å². The smallest absolute Gasteiger partial charge is 0.266 e. The number of nitrogens with zero attached hydrogens (tertiary/aromatic N) is 2. The Morgan fingerprint density at radius 2 is 1.75 bits per heavy atom. The van der Waals surface area contributed by atoms with Crippen LogP contribution in [0.1, 0.15) is 12.5 Å². The zero-order valence-corrected chi connectivity index (χ0v) is 19.5. The number of thioether (sulfide) groups is 1. The number of amides is 1. The molecule has 3 rings (SSSR count). The van der Waals surface area contributed by atoms with Crippen LogP contribution < -0.4 is 9.47 Å². The second-order valence-electron chi connectivity index (χ2n) is 5.77. The normalized spacial score (nSPS) is 16.9. The summed E-state index contributed by atoms with van der Waals surface area (Å²) in [5.41, 5.74) is 1.66. The molecule has 146 valence electrons. The Balaban J connectivity index is 1.92. The molecule has 0 radical (unpaired) electrons. The van der Waals surface area contributed by atoms with Gasteiger partial charge in [-0.15, -0.1) is 0 Å². The summed E-state index contributed by atoms with van der Waals surface area (Å²) in [5.74, 6) is 1.43. The fourth-order valence-electron chi connectivity index (χ4n) is 2.65. The molecule has 1 fully saturated rings. The van der Waals surface area contributed by atoms with Crippen molar-refractivity contribution in [1.29, 1.82) is 0 Å². The summed E-state index contributed by atoms with van der Waals surface area (Å²) >= 11 is 8.36. The van der Waals surface area contributed by atoms with Crippen molar-refractivity contribution in [3.05, 3.63) is 55.8 Å². The molecule has 0 bridgehead atoms. The quantitative estimate of drug-likeness (QED) is 0.459. The van der Waals surface area contributed by atoms with Gasteiger partial charge in [-0.25, -0.2) is 4.99 Å². The second-order valence-corrected chi connectivity index (χ2v) is 8.49. The standard InChI is InChI=1S/C20H18Br2N2O3S/c1-4-24-19(25)17(11-12-9-15(21)18(27-3)16(22)10-12)28-20(24)23-13-5-7-14(26-2)8-6-13/h5-11H,4H2,1-3H3/b17-11+,23-20?. The van der Waals surface area contributed by atoms with Gasteiger partial charge in [0.1, 0.15) is 11.5 Å². The van der Waals surface area contributed by atoms with Crippen LogP contribution >= 0.6 is 43.6 Å². The third kappa shape index (κ3) is 4.45. The summed E-state index contributed by atoms with van der Waals surface area (Å²) in [7, 11) is 3.23. The van der Waals surface area contributed by atoms with Gasteiger partial charge in [0.05, 0.1) is 33.8 Å². The van der Waals surface area contributed by atoms with E-state index in [-0.39, 0.29) is 5.91 Å². The number of likely N-dealkylation sites (N-methyl/N-ethyl adjacent to an activating group) is 1. The number of benzene rings is 2. The lowest BCUT2D eigenvalue weighted by molar-refractivity contribution is -0.122. The molecule has 1 heterocycles. The minimum absolute atomic E-state index is 0.0529. The average molecular weight is 526 g/mol. The van der Waals surface area contributed by atoms with Crippen molar-refractivity contribution in [2.24, 2.45) is 4.99 Å². The van der Waals surface area contributed by atoms with E-state index in [1.54, 1.807) is 19.1 Å². The van der Waals surface area contributed by atoms with Crippen LogP contribution in [0.25, 0.3) is 6.08 Å². The molecule has 0 aromatic heterocycles. The van der Waals surface area contributed by atoms with Gasteiger partial charge in [0.25, 0.3) is 5.91 Å². The number of carbonyl (C=O) groups excluding carboxylic acids is 1. The molecule has 0 atom stereocenters. The Labute approximate surface area is 185 Å². The Bertz CT molecular complexity index is 935. The van der Waals surface area contributed by atoms with E-state index < -0.39 is 0 Å². The van der Waals surface area contributed by atoms with Gasteiger partial charge in [-0.2, -0.15) is 0 Å². The number of amidine groups is 1. The topological polar surface area (TPSA) is 51.1 Å². The molecular weight excluding hydrogens is 508 g/mol. The maximum atomic E-state index is 12.8. The Kier molecular flexibility index (Phi) is 6.85. The lowest BCUT2D eigenvalue weighted by Crippen LogP contribution is -2.28. The van der Waals surface area contributed by atoms with Gasteiger partial charge in [-0.1, -0.05) is 0 Å². The summed E-state index contributed by atoms with van der Waals surface area (Å²) in [6, 6.07) is 11.3. The van der Waals surface area contributed by atoms with Crippen molar-refractivity contribution in [2.75, 3.05) is 20.8 Å². The first-order valence-corrected chi connectivity index (χ1v) is 10.8. The van der Waals surface area contributed by atoms with E-state index in [1.807, 2.05) is 49.4 Å². The summed E-state index contributed by atoms with van der Waals surface area (Å²) in [5, 5.41) is 0.663. The van der Waals surface area contributed by atoms with Crippen molar-refractivity contribution in [3.63, 3.8) is 0 Å². The predicted octanol–water partition coefficient (Wildman–Crippen LogP) is 5.85. The van der Waals surface area contributed by atoms with Crippen molar-refractivity contribution >= 4 is 66.5 Å². The van der Waals surface area contributed by atoms with Crippen LogP contribution in [0, 0.1) is 0 Å². The highest BCUT2D eigenvalue weighted by Gasteiger charge is 2.32. The summed E-state index contributed by atoms with van der Waals surface area (Å²) in [6.07, 6.45) is 1.86. The maximum absolute atomic E-state index is 12.8. The zero-order chi connectivity index (χ0) is 20.3. The Morgan fingerprint density at radius 3 is 2.29 bits per heavy atom. The highest BCUT2D eigenvalue weighted by atomic mass is 79.9. The molecule has 1 aliphatic rings. The van der Waals surface area contributed by atoms with Crippen molar-refractivity contribution < 1.29 is 14.3 Å². The van der Waals surface area contributed by atoms with E-state index in [1.165, 1.54) is 11.8 Å². The van der Waals surface area contributed by atoms with E-state index in [2.05, 4.69) is 36.9 Å². The third-order valence-electron chi connectivity index (χ3n) is 4.02. The maximum Gasteiger partial charge on any atom is 0.266 e. The van der Waals surface area contributed by atoms with Gasteiger partial charge in [-0.05, 0) is 98.6 Å². The minimum Gasteiger partial charge on any atom is -0.497 e. The molecule has 1 aliphatic heterocycles. The number of rotatable bonds is 5. The minimum atomic E-state index is -0.0529. The van der Waals surface area contributed by atoms with Crippen LogP contribution in [0.3, 0.4) is 0 Å². The summed E-state index contributed by atoms with van der Waals surface area (Å²) in [6.45, 7) is 2.49. The van der Waals surface area contributed by atoms with Gasteiger partial charge in [0, 0.05) is 6.54 Å². The molecule has 28 heavy (non-hydrogen) atoms. The van der Waals surface area contributed by atoms with Crippen LogP contribution in [-0.4, -0.2) is 36.7 Å². The highest BCUT2D eigenvalue weighted by molar-refractivity contribution is 9.11. The van der Waals surface area contributed by atoms with Crippen molar-refractivity contribution in [3.8, 4) is 11.5 Å². The number of ether oxygens (including phenoxy) is 2. The SMILES string of the molecule is CCN1C(=O)/C(=C\c2cc(Br)c(OC)c(Br)c2)SC1=Nc1ccc(OC)cc1. The first kappa shape index (κ1) is 21.0. The van der Waals surface area contributed by atoms with E-state index in [0.29, 0.717) is 22.4 Å². The van der Waals surface area contributed by atoms with Gasteiger partial charge in [0.2, 0.25) is 0 Å². The van der Waals surface area contributed by atoms with E-state index in [9.17, 15) is 4.79 Å². The molecule has 0 spiro atoms. The van der Waals surface area contributed by atoms with Gasteiger partial charge < -0.3 is 9.47 Å². The van der Waals surface area contributed by atoms with Crippen LogP contribution in [0.4, 0.5) is 5.69 Å². The molecule has 2 aromatic rings. The molecule has 2 aromatic carbocycles. The summed E-state index contributed by atoms with van der Waals surface area (Å²) in [4.78, 5) is 19.8. The Hall–Kier alpha value is -1.77. The molecule has 1 amide bonds. The number of aliphatic imine (C=N–C) groups is 1. The van der Waals surface area contributed by atoms with E-state index in [0.717, 1.165) is 25.9 Å². The zero-order valence-electron chi connectivity index (χ0n) is 15.5. The largest absolute Gasteiger partial charge is 0.497 e. The molecule has 5 nitrogen and oxygen atoms in total. The van der Waals surface area contributed by atoms with Crippen LogP contribution in [0.5, 0.6) is 11.5 Å². The number of hydrogen-bond acceptors (Lipinski definition) is 5. The Morgan fingerprint density at radius 1 is 1.11 bits per heavy atom. The van der Waals surface area contributed by atoms with Crippen LogP contribution in [0.2, 0.25) is 0 Å². The van der Waals surface area contributed by atoms with Gasteiger partial charge in [0.15, 0.2) is 5.17 Å². The number of halogens is 2. The molecule has 0 aliphatic carbocycles. The lowest BCUT2D eigenvalue weighted by Gasteiger charge is -2.12. The monoisotopic (exact) mass is 524 g/mol.